The lowest BCUT2D eigenvalue weighted by molar-refractivity contribution is -0.140. The molecule has 4 nitrogen and oxygen atoms in total. The first kappa shape index (κ1) is 22.3. The van der Waals surface area contributed by atoms with Crippen molar-refractivity contribution in [3.63, 3.8) is 0 Å². The molecule has 2 rings (SSSR count). The summed E-state index contributed by atoms with van der Waals surface area (Å²) in [5.41, 5.74) is 3.97. The van der Waals surface area contributed by atoms with Crippen molar-refractivity contribution in [2.45, 2.75) is 46.7 Å². The zero-order chi connectivity index (χ0) is 20.8. The van der Waals surface area contributed by atoms with Crippen LogP contribution in [0.25, 0.3) is 0 Å². The Balaban J connectivity index is 2.28. The Hall–Kier alpha value is -2.04. The van der Waals surface area contributed by atoms with Crippen LogP contribution in [-0.2, 0) is 22.6 Å². The lowest BCUT2D eigenvalue weighted by Crippen LogP contribution is -2.48. The summed E-state index contributed by atoms with van der Waals surface area (Å²) in [4.78, 5) is 27.1. The number of hydrogen-bond acceptors (Lipinski definition) is 2. The van der Waals surface area contributed by atoms with E-state index in [1.807, 2.05) is 39.0 Å². The van der Waals surface area contributed by atoms with Gasteiger partial charge in [0.15, 0.2) is 0 Å². The summed E-state index contributed by atoms with van der Waals surface area (Å²) in [5.74, 6) is -0.300. The Labute approximate surface area is 176 Å². The second kappa shape index (κ2) is 9.94. The lowest BCUT2D eigenvalue weighted by Gasteiger charge is -2.29. The Morgan fingerprint density at radius 3 is 2.21 bits per heavy atom. The van der Waals surface area contributed by atoms with Gasteiger partial charge >= 0.3 is 0 Å². The molecule has 2 amide bonds. The van der Waals surface area contributed by atoms with E-state index in [1.165, 1.54) is 0 Å². The summed E-state index contributed by atoms with van der Waals surface area (Å²) < 4.78 is 0. The van der Waals surface area contributed by atoms with Crippen molar-refractivity contribution in [1.82, 2.24) is 10.2 Å². The Kier molecular flexibility index (Phi) is 7.90. The highest BCUT2D eigenvalue weighted by atomic mass is 35.5. The molecule has 0 heterocycles. The molecule has 1 unspecified atom stereocenters. The summed E-state index contributed by atoms with van der Waals surface area (Å²) in [6.07, 6.45) is 0.230. The van der Waals surface area contributed by atoms with Crippen LogP contribution in [0.15, 0.2) is 36.4 Å². The average Bonchev–Trinajstić information content (AvgIpc) is 2.61. The van der Waals surface area contributed by atoms with Gasteiger partial charge in [-0.25, -0.2) is 0 Å². The van der Waals surface area contributed by atoms with Gasteiger partial charge in [0.05, 0.1) is 16.5 Å². The first-order valence-corrected chi connectivity index (χ1v) is 10.0. The van der Waals surface area contributed by atoms with Crippen molar-refractivity contribution >= 4 is 35.0 Å². The third kappa shape index (κ3) is 5.98. The molecule has 0 spiro atoms. The lowest BCUT2D eigenvalue weighted by atomic mass is 10.0. The zero-order valence-electron chi connectivity index (χ0n) is 16.7. The van der Waals surface area contributed by atoms with Gasteiger partial charge in [-0.1, -0.05) is 58.6 Å². The van der Waals surface area contributed by atoms with Gasteiger partial charge < -0.3 is 10.2 Å². The standard InChI is InChI=1S/C22H26Cl2N2O2/c1-5-25-22(28)16(4)26(13-17-6-7-19(23)20(24)11-17)21(27)12-18-9-14(2)8-15(3)10-18/h6-11,16H,5,12-13H2,1-4H3,(H,25,28). The molecule has 1 N–H and O–H groups in total. The second-order valence-electron chi connectivity index (χ2n) is 7.01. The molecule has 0 radical (unpaired) electrons. The third-order valence-electron chi connectivity index (χ3n) is 4.49. The molecule has 0 aliphatic heterocycles. The van der Waals surface area contributed by atoms with Crippen LogP contribution in [0.4, 0.5) is 0 Å². The normalized spacial score (nSPS) is 11.8. The predicted octanol–water partition coefficient (Wildman–Crippen LogP) is 4.71. The van der Waals surface area contributed by atoms with E-state index in [1.54, 1.807) is 24.0 Å². The van der Waals surface area contributed by atoms with Gasteiger partial charge in [-0.05, 0) is 51.0 Å². The van der Waals surface area contributed by atoms with Crippen molar-refractivity contribution in [2.24, 2.45) is 0 Å². The van der Waals surface area contributed by atoms with Crippen molar-refractivity contribution < 1.29 is 9.59 Å². The largest absolute Gasteiger partial charge is 0.355 e. The number of nitrogens with one attached hydrogen (secondary N) is 1. The molecule has 0 saturated carbocycles. The molecule has 0 aromatic heterocycles. The van der Waals surface area contributed by atoms with Crippen LogP contribution in [0.3, 0.4) is 0 Å². The molecule has 2 aromatic rings. The highest BCUT2D eigenvalue weighted by molar-refractivity contribution is 6.42. The molecule has 0 aliphatic rings. The second-order valence-corrected chi connectivity index (χ2v) is 7.83. The number of rotatable bonds is 7. The maximum absolute atomic E-state index is 13.1. The number of likely N-dealkylation sites (N-methyl/N-ethyl adjacent to an activating group) is 1. The van der Waals surface area contributed by atoms with Gasteiger partial charge in [0.25, 0.3) is 0 Å². The monoisotopic (exact) mass is 420 g/mol. The number of benzene rings is 2. The highest BCUT2D eigenvalue weighted by Gasteiger charge is 2.26. The summed E-state index contributed by atoms with van der Waals surface area (Å²) in [6, 6.07) is 10.7. The first-order chi connectivity index (χ1) is 13.2. The molecule has 0 bridgehead atoms. The van der Waals surface area contributed by atoms with Gasteiger partial charge in [-0.2, -0.15) is 0 Å². The van der Waals surface area contributed by atoms with Gasteiger partial charge in [0.1, 0.15) is 6.04 Å². The number of nitrogens with zero attached hydrogens (tertiary/aromatic N) is 1. The van der Waals surface area contributed by atoms with Crippen molar-refractivity contribution in [3.8, 4) is 0 Å². The number of amides is 2. The van der Waals surface area contributed by atoms with E-state index < -0.39 is 6.04 Å². The molecule has 28 heavy (non-hydrogen) atoms. The molecule has 1 atom stereocenters. The summed E-state index contributed by atoms with van der Waals surface area (Å²) in [6.45, 7) is 8.39. The van der Waals surface area contributed by atoms with E-state index in [2.05, 4.69) is 11.4 Å². The van der Waals surface area contributed by atoms with Gasteiger partial charge in [0, 0.05) is 13.1 Å². The molecule has 6 heteroatoms. The van der Waals surface area contributed by atoms with Crippen molar-refractivity contribution in [2.75, 3.05) is 6.54 Å². The smallest absolute Gasteiger partial charge is 0.242 e. The molecule has 0 fully saturated rings. The van der Waals surface area contributed by atoms with Crippen LogP contribution in [-0.4, -0.2) is 29.3 Å². The number of carbonyl (C=O) groups is 2. The zero-order valence-corrected chi connectivity index (χ0v) is 18.2. The quantitative estimate of drug-likeness (QED) is 0.704. The molecule has 0 aliphatic carbocycles. The van der Waals surface area contributed by atoms with E-state index in [9.17, 15) is 9.59 Å². The van der Waals surface area contributed by atoms with Crippen LogP contribution in [0.1, 0.15) is 36.1 Å². The first-order valence-electron chi connectivity index (χ1n) is 9.29. The van der Waals surface area contributed by atoms with Crippen LogP contribution in [0.5, 0.6) is 0 Å². The minimum atomic E-state index is -0.604. The third-order valence-corrected chi connectivity index (χ3v) is 5.23. The minimum absolute atomic E-state index is 0.116. The van der Waals surface area contributed by atoms with Crippen LogP contribution >= 0.6 is 23.2 Å². The fraction of sp³-hybridized carbons (Fsp3) is 0.364. The summed E-state index contributed by atoms with van der Waals surface area (Å²) in [5, 5.41) is 3.67. The van der Waals surface area contributed by atoms with Crippen LogP contribution in [0.2, 0.25) is 10.0 Å². The molecule has 150 valence electrons. The topological polar surface area (TPSA) is 49.4 Å². The maximum atomic E-state index is 13.1. The Morgan fingerprint density at radius 2 is 1.64 bits per heavy atom. The maximum Gasteiger partial charge on any atom is 0.242 e. The summed E-state index contributed by atoms with van der Waals surface area (Å²) in [7, 11) is 0. The SMILES string of the molecule is CCNC(=O)C(C)N(Cc1ccc(Cl)c(Cl)c1)C(=O)Cc1cc(C)cc(C)c1. The average molecular weight is 421 g/mol. The van der Waals surface area contributed by atoms with Gasteiger partial charge in [-0.3, -0.25) is 9.59 Å². The number of aryl methyl sites for hydroxylation is 2. The Morgan fingerprint density at radius 1 is 1.00 bits per heavy atom. The fourth-order valence-corrected chi connectivity index (χ4v) is 3.51. The van der Waals surface area contributed by atoms with Crippen LogP contribution in [0, 0.1) is 13.8 Å². The predicted molar refractivity (Wildman–Crippen MR) is 115 cm³/mol. The minimum Gasteiger partial charge on any atom is -0.355 e. The van der Waals surface area contributed by atoms with Crippen LogP contribution < -0.4 is 5.32 Å². The molecular formula is C22H26Cl2N2O2. The molecule has 2 aromatic carbocycles. The number of halogens is 2. The number of hydrogen-bond donors (Lipinski definition) is 1. The van der Waals surface area contributed by atoms with Gasteiger partial charge in [0.2, 0.25) is 11.8 Å². The Bertz CT molecular complexity index is 847. The fourth-order valence-electron chi connectivity index (χ4n) is 3.19. The van der Waals surface area contributed by atoms with E-state index in [-0.39, 0.29) is 24.8 Å². The highest BCUT2D eigenvalue weighted by Crippen LogP contribution is 2.24. The molecular weight excluding hydrogens is 395 g/mol. The van der Waals surface area contributed by atoms with E-state index >= 15 is 0 Å². The number of carbonyl (C=O) groups excluding carboxylic acids is 2. The van der Waals surface area contributed by atoms with Crippen molar-refractivity contribution in [1.29, 1.82) is 0 Å². The van der Waals surface area contributed by atoms with Crippen molar-refractivity contribution in [3.05, 3.63) is 68.7 Å². The van der Waals surface area contributed by atoms with E-state index in [0.29, 0.717) is 16.6 Å². The van der Waals surface area contributed by atoms with Gasteiger partial charge in [-0.15, -0.1) is 0 Å². The summed E-state index contributed by atoms with van der Waals surface area (Å²) >= 11 is 12.1. The van der Waals surface area contributed by atoms with E-state index in [0.717, 1.165) is 22.3 Å². The molecule has 0 saturated heterocycles. The van der Waals surface area contributed by atoms with E-state index in [4.69, 9.17) is 23.2 Å².